The number of aromatic nitrogens is 2. The number of imidazole rings is 1. The van der Waals surface area contributed by atoms with Crippen molar-refractivity contribution in [2.75, 3.05) is 7.11 Å². The van der Waals surface area contributed by atoms with Crippen molar-refractivity contribution in [2.24, 2.45) is 22.7 Å². The highest BCUT2D eigenvalue weighted by atomic mass is 35.5. The molecular weight excluding hydrogens is 481 g/mol. The Hall–Kier alpha value is -1.80. The molecule has 10 heteroatoms. The van der Waals surface area contributed by atoms with Crippen LogP contribution < -0.4 is 5.32 Å². The third-order valence-corrected chi connectivity index (χ3v) is 9.32. The Balaban J connectivity index is 1.65. The maximum atomic E-state index is 13.2. The number of alkyl halides is 2. The standard InChI is InChI=1S/C24H35Cl2N3O5/c1-23(2)16(7-8-24(23,3)22(32)33)20(30)28-19(21(31)34-4)10-15-12-29(13-27-15)11-14-5-6-17(25)18(26)9-14/h12-14,16-19H,5-11H2,1-4H3,(H,28,30)(H,32,33)/t14?,16-,17?,18?,19+,24+/m1/s1. The third-order valence-electron chi connectivity index (χ3n) is 8.19. The van der Waals surface area contributed by atoms with E-state index in [-0.39, 0.29) is 23.1 Å². The molecule has 6 atom stereocenters. The second-order valence-corrected chi connectivity index (χ2v) is 11.6. The fourth-order valence-corrected chi connectivity index (χ4v) is 6.00. The average molecular weight is 516 g/mol. The Morgan fingerprint density at radius 3 is 2.53 bits per heavy atom. The minimum Gasteiger partial charge on any atom is -0.481 e. The van der Waals surface area contributed by atoms with Crippen LogP contribution in [0.5, 0.6) is 0 Å². The highest BCUT2D eigenvalue weighted by molar-refractivity contribution is 6.30. The lowest BCUT2D eigenvalue weighted by atomic mass is 9.65. The Kier molecular flexibility index (Phi) is 8.23. The van der Waals surface area contributed by atoms with Crippen LogP contribution in [0.4, 0.5) is 0 Å². The monoisotopic (exact) mass is 515 g/mol. The van der Waals surface area contributed by atoms with E-state index < -0.39 is 34.7 Å². The number of halogens is 2. The van der Waals surface area contributed by atoms with Crippen molar-refractivity contribution < 1.29 is 24.2 Å². The number of carbonyl (C=O) groups excluding carboxylic acids is 2. The largest absolute Gasteiger partial charge is 0.481 e. The molecule has 2 aliphatic rings. The fourth-order valence-electron chi connectivity index (χ4n) is 5.39. The van der Waals surface area contributed by atoms with Crippen LogP contribution >= 0.6 is 23.2 Å². The van der Waals surface area contributed by atoms with Gasteiger partial charge < -0.3 is 19.7 Å². The molecule has 0 saturated heterocycles. The van der Waals surface area contributed by atoms with E-state index in [2.05, 4.69) is 10.3 Å². The average Bonchev–Trinajstić information content (AvgIpc) is 3.31. The molecule has 2 saturated carbocycles. The number of methoxy groups -OCH3 is 1. The van der Waals surface area contributed by atoms with Crippen LogP contribution in [0, 0.1) is 22.7 Å². The molecule has 1 aromatic heterocycles. The third kappa shape index (κ3) is 5.38. The maximum absolute atomic E-state index is 13.2. The van der Waals surface area contributed by atoms with Crippen molar-refractivity contribution in [1.29, 1.82) is 0 Å². The van der Waals surface area contributed by atoms with Crippen molar-refractivity contribution in [3.8, 4) is 0 Å². The lowest BCUT2D eigenvalue weighted by Gasteiger charge is -2.38. The normalized spacial score (nSPS) is 31.6. The van der Waals surface area contributed by atoms with Gasteiger partial charge in [0.05, 0.1) is 29.9 Å². The Morgan fingerprint density at radius 2 is 1.94 bits per heavy atom. The van der Waals surface area contributed by atoms with Gasteiger partial charge in [0.25, 0.3) is 0 Å². The van der Waals surface area contributed by atoms with Crippen molar-refractivity contribution in [1.82, 2.24) is 14.9 Å². The van der Waals surface area contributed by atoms with Crippen molar-refractivity contribution in [3.05, 3.63) is 18.2 Å². The van der Waals surface area contributed by atoms with E-state index in [0.29, 0.717) is 24.5 Å². The molecule has 190 valence electrons. The van der Waals surface area contributed by atoms with Crippen LogP contribution in [0.3, 0.4) is 0 Å². The summed E-state index contributed by atoms with van der Waals surface area (Å²) in [6.45, 7) is 6.05. The molecule has 3 unspecified atom stereocenters. The van der Waals surface area contributed by atoms with E-state index in [1.807, 2.05) is 10.8 Å². The predicted molar refractivity (Wildman–Crippen MR) is 129 cm³/mol. The fraction of sp³-hybridized carbons (Fsp3) is 0.750. The minimum absolute atomic E-state index is 0.0129. The smallest absolute Gasteiger partial charge is 0.328 e. The quantitative estimate of drug-likeness (QED) is 0.404. The number of nitrogens with zero attached hydrogens (tertiary/aromatic N) is 2. The summed E-state index contributed by atoms with van der Waals surface area (Å²) in [6, 6.07) is -0.910. The van der Waals surface area contributed by atoms with Crippen molar-refractivity contribution >= 4 is 41.0 Å². The molecule has 3 rings (SSSR count). The van der Waals surface area contributed by atoms with Crippen LogP contribution in [0.15, 0.2) is 12.5 Å². The van der Waals surface area contributed by atoms with Crippen molar-refractivity contribution in [3.63, 3.8) is 0 Å². The number of carboxylic acids is 1. The summed E-state index contributed by atoms with van der Waals surface area (Å²) in [4.78, 5) is 41.9. The number of aliphatic carboxylic acids is 1. The molecule has 0 radical (unpaired) electrons. The first-order valence-electron chi connectivity index (χ1n) is 11.8. The predicted octanol–water partition coefficient (Wildman–Crippen LogP) is 3.63. The van der Waals surface area contributed by atoms with E-state index in [4.69, 9.17) is 27.9 Å². The summed E-state index contributed by atoms with van der Waals surface area (Å²) in [5.41, 5.74) is -1.13. The number of hydrogen-bond donors (Lipinski definition) is 2. The molecule has 34 heavy (non-hydrogen) atoms. The van der Waals surface area contributed by atoms with E-state index in [1.165, 1.54) is 7.11 Å². The highest BCUT2D eigenvalue weighted by Gasteiger charge is 2.58. The lowest BCUT2D eigenvalue weighted by Crippen LogP contribution is -2.50. The van der Waals surface area contributed by atoms with E-state index in [9.17, 15) is 19.5 Å². The zero-order valence-corrected chi connectivity index (χ0v) is 21.7. The van der Waals surface area contributed by atoms with Gasteiger partial charge in [0, 0.05) is 30.5 Å². The first-order valence-corrected chi connectivity index (χ1v) is 12.7. The van der Waals surface area contributed by atoms with Gasteiger partial charge in [-0.2, -0.15) is 0 Å². The summed E-state index contributed by atoms with van der Waals surface area (Å²) in [6.07, 6.45) is 7.34. The van der Waals surface area contributed by atoms with Crippen LogP contribution in [-0.2, 0) is 32.1 Å². The number of ether oxygens (including phenoxy) is 1. The SMILES string of the molecule is COC(=O)[C@H](Cc1cn(CC2CCC(Cl)C(Cl)C2)cn1)NC(=O)[C@H]1CC[C@@](C)(C(=O)O)C1(C)C. The molecule has 0 aliphatic heterocycles. The molecular formula is C24H35Cl2N3O5. The van der Waals surface area contributed by atoms with Gasteiger partial charge in [-0.15, -0.1) is 23.2 Å². The molecule has 2 fully saturated rings. The number of carbonyl (C=O) groups is 3. The Bertz CT molecular complexity index is 920. The van der Waals surface area contributed by atoms with Crippen LogP contribution in [0.2, 0.25) is 0 Å². The van der Waals surface area contributed by atoms with Crippen LogP contribution in [-0.4, -0.2) is 56.4 Å². The van der Waals surface area contributed by atoms with Crippen molar-refractivity contribution in [2.45, 2.75) is 82.6 Å². The first-order chi connectivity index (χ1) is 15.9. The Labute approximate surface area is 210 Å². The van der Waals surface area contributed by atoms with Gasteiger partial charge in [-0.1, -0.05) is 13.8 Å². The number of nitrogens with one attached hydrogen (secondary N) is 1. The minimum atomic E-state index is -1.01. The van der Waals surface area contributed by atoms with E-state index in [0.717, 1.165) is 25.8 Å². The zero-order valence-electron chi connectivity index (χ0n) is 20.2. The maximum Gasteiger partial charge on any atom is 0.328 e. The Morgan fingerprint density at radius 1 is 1.24 bits per heavy atom. The van der Waals surface area contributed by atoms with Gasteiger partial charge in [0.1, 0.15) is 6.04 Å². The number of carboxylic acid groups (broad SMARTS) is 1. The topological polar surface area (TPSA) is 111 Å². The number of hydrogen-bond acceptors (Lipinski definition) is 5. The van der Waals surface area contributed by atoms with Crippen LogP contribution in [0.25, 0.3) is 0 Å². The first kappa shape index (κ1) is 26.8. The number of amides is 1. The summed E-state index contributed by atoms with van der Waals surface area (Å²) < 4.78 is 6.90. The highest BCUT2D eigenvalue weighted by Crippen LogP contribution is 2.56. The number of esters is 1. The zero-order chi connectivity index (χ0) is 25.3. The molecule has 0 aromatic carbocycles. The van der Waals surface area contributed by atoms with Gasteiger partial charge in [0.2, 0.25) is 5.91 Å². The summed E-state index contributed by atoms with van der Waals surface area (Å²) >= 11 is 12.5. The van der Waals surface area contributed by atoms with Gasteiger partial charge in [-0.25, -0.2) is 9.78 Å². The lowest BCUT2D eigenvalue weighted by molar-refractivity contribution is -0.156. The molecule has 8 nitrogen and oxygen atoms in total. The molecule has 0 spiro atoms. The molecule has 2 aliphatic carbocycles. The molecule has 0 bridgehead atoms. The molecule has 1 heterocycles. The van der Waals surface area contributed by atoms with Gasteiger partial charge in [0.15, 0.2) is 0 Å². The summed E-state index contributed by atoms with van der Waals surface area (Å²) in [7, 11) is 1.27. The van der Waals surface area contributed by atoms with Gasteiger partial charge in [-0.3, -0.25) is 9.59 Å². The summed E-state index contributed by atoms with van der Waals surface area (Å²) in [5.74, 6) is -1.94. The van der Waals surface area contributed by atoms with E-state index in [1.54, 1.807) is 27.1 Å². The second-order valence-electron chi connectivity index (χ2n) is 10.5. The van der Waals surface area contributed by atoms with Gasteiger partial charge in [-0.05, 0) is 50.4 Å². The molecule has 1 amide bonds. The summed E-state index contributed by atoms with van der Waals surface area (Å²) in [5, 5.41) is 12.5. The molecule has 2 N–H and O–H groups in total. The van der Waals surface area contributed by atoms with Gasteiger partial charge >= 0.3 is 11.9 Å². The van der Waals surface area contributed by atoms with E-state index >= 15 is 0 Å². The van der Waals surface area contributed by atoms with Crippen LogP contribution in [0.1, 0.15) is 58.6 Å². The second kappa shape index (κ2) is 10.4. The molecule has 1 aromatic rings. The number of rotatable bonds is 8.